The first-order valence-corrected chi connectivity index (χ1v) is 9.40. The molecule has 2 rings (SSSR count). The number of nitrogens with one attached hydrogen (secondary N) is 1. The monoisotopic (exact) mass is 382 g/mol. The van der Waals surface area contributed by atoms with Crippen molar-refractivity contribution in [3.05, 3.63) is 59.2 Å². The first-order chi connectivity index (χ1) is 12.1. The second-order valence-electron chi connectivity index (χ2n) is 5.93. The van der Waals surface area contributed by atoms with Crippen LogP contribution >= 0.6 is 0 Å². The van der Waals surface area contributed by atoms with E-state index in [9.17, 15) is 22.0 Å². The predicted molar refractivity (Wildman–Crippen MR) is 95.5 cm³/mol. The molecule has 0 bridgehead atoms. The van der Waals surface area contributed by atoms with Crippen molar-refractivity contribution < 1.29 is 22.0 Å². The molecule has 1 N–H and O–H groups in total. The third kappa shape index (κ3) is 4.64. The third-order valence-corrected chi connectivity index (χ3v) is 5.44. The molecule has 0 aliphatic rings. The van der Waals surface area contributed by atoms with Crippen LogP contribution in [0.2, 0.25) is 0 Å². The Morgan fingerprint density at radius 2 is 1.81 bits per heavy atom. The molecule has 0 radical (unpaired) electrons. The molecule has 0 spiro atoms. The minimum atomic E-state index is -3.78. The van der Waals surface area contributed by atoms with Crippen molar-refractivity contribution in [2.75, 3.05) is 18.0 Å². The van der Waals surface area contributed by atoms with E-state index in [1.165, 1.54) is 6.92 Å². The highest BCUT2D eigenvalue weighted by Gasteiger charge is 2.20. The van der Waals surface area contributed by atoms with Gasteiger partial charge in [-0.25, -0.2) is 21.9 Å². The quantitative estimate of drug-likeness (QED) is 0.835. The molecule has 0 fully saturated rings. The van der Waals surface area contributed by atoms with Crippen LogP contribution in [-0.2, 0) is 14.8 Å². The Balaban J connectivity index is 2.15. The number of hydrogen-bond donors (Lipinski definition) is 1. The predicted octanol–water partition coefficient (Wildman–Crippen LogP) is 2.91. The van der Waals surface area contributed by atoms with E-state index in [2.05, 4.69) is 4.72 Å². The molecule has 5 nitrogen and oxygen atoms in total. The number of carbonyl (C=O) groups excluding carboxylic acids is 1. The van der Waals surface area contributed by atoms with E-state index in [0.29, 0.717) is 11.6 Å². The van der Waals surface area contributed by atoms with Crippen molar-refractivity contribution in [2.24, 2.45) is 0 Å². The number of hydrogen-bond acceptors (Lipinski definition) is 3. The van der Waals surface area contributed by atoms with Gasteiger partial charge in [0.05, 0.1) is 10.6 Å². The molecule has 0 heterocycles. The summed E-state index contributed by atoms with van der Waals surface area (Å²) < 4.78 is 54.3. The van der Waals surface area contributed by atoms with Gasteiger partial charge in [0.15, 0.2) is 0 Å². The fourth-order valence-corrected chi connectivity index (χ4v) is 3.86. The number of rotatable bonds is 6. The van der Waals surface area contributed by atoms with E-state index < -0.39 is 27.6 Å². The van der Waals surface area contributed by atoms with Crippen molar-refractivity contribution in [3.8, 4) is 0 Å². The van der Waals surface area contributed by atoms with Crippen LogP contribution in [0.4, 0.5) is 14.5 Å². The highest BCUT2D eigenvalue weighted by atomic mass is 32.2. The van der Waals surface area contributed by atoms with Gasteiger partial charge >= 0.3 is 0 Å². The normalized spacial score (nSPS) is 11.4. The van der Waals surface area contributed by atoms with Crippen LogP contribution in [0.3, 0.4) is 0 Å². The van der Waals surface area contributed by atoms with Gasteiger partial charge in [0.2, 0.25) is 15.9 Å². The minimum absolute atomic E-state index is 0.0953. The zero-order valence-electron chi connectivity index (χ0n) is 14.7. The van der Waals surface area contributed by atoms with Gasteiger partial charge in [0.25, 0.3) is 0 Å². The van der Waals surface area contributed by atoms with E-state index in [-0.39, 0.29) is 23.7 Å². The molecule has 0 aromatic heterocycles. The van der Waals surface area contributed by atoms with Gasteiger partial charge in [0.1, 0.15) is 11.6 Å². The highest BCUT2D eigenvalue weighted by molar-refractivity contribution is 7.89. The molecule has 0 saturated carbocycles. The number of sulfonamides is 1. The zero-order chi connectivity index (χ0) is 19.5. The summed E-state index contributed by atoms with van der Waals surface area (Å²) in [5.74, 6) is -2.13. The van der Waals surface area contributed by atoms with Crippen LogP contribution in [0.1, 0.15) is 18.1 Å². The van der Waals surface area contributed by atoms with Crippen molar-refractivity contribution in [1.29, 1.82) is 0 Å². The minimum Gasteiger partial charge on any atom is -0.309 e. The topological polar surface area (TPSA) is 66.5 Å². The van der Waals surface area contributed by atoms with Crippen molar-refractivity contribution in [2.45, 2.75) is 25.7 Å². The van der Waals surface area contributed by atoms with E-state index in [4.69, 9.17) is 0 Å². The molecule has 1 amide bonds. The second kappa shape index (κ2) is 7.92. The second-order valence-corrected chi connectivity index (χ2v) is 7.67. The lowest BCUT2D eigenvalue weighted by Gasteiger charge is -2.22. The van der Waals surface area contributed by atoms with Crippen LogP contribution in [0, 0.1) is 25.5 Å². The number of amides is 1. The maximum Gasteiger partial charge on any atom is 0.240 e. The molecular formula is C18H20F2N2O3S. The average Bonchev–Trinajstić information content (AvgIpc) is 2.54. The Morgan fingerprint density at radius 1 is 1.12 bits per heavy atom. The number of anilines is 1. The maximum atomic E-state index is 13.9. The fraction of sp³-hybridized carbons (Fsp3) is 0.278. The SMILES string of the molecule is CC(=O)N(CCNS(=O)(=O)c1cc(C)ccc1C)c1ccc(F)cc1F. The fourth-order valence-electron chi connectivity index (χ4n) is 2.51. The molecule has 140 valence electrons. The molecule has 0 saturated heterocycles. The summed E-state index contributed by atoms with van der Waals surface area (Å²) in [6, 6.07) is 7.92. The number of halogens is 2. The van der Waals surface area contributed by atoms with E-state index >= 15 is 0 Å². The first kappa shape index (κ1) is 20.0. The summed E-state index contributed by atoms with van der Waals surface area (Å²) in [6.07, 6.45) is 0. The Morgan fingerprint density at radius 3 is 2.42 bits per heavy atom. The Labute approximate surface area is 151 Å². The molecule has 0 aliphatic carbocycles. The summed E-state index contributed by atoms with van der Waals surface area (Å²) >= 11 is 0. The smallest absolute Gasteiger partial charge is 0.240 e. The number of aryl methyl sites for hydroxylation is 2. The molecular weight excluding hydrogens is 362 g/mol. The van der Waals surface area contributed by atoms with E-state index in [0.717, 1.165) is 22.6 Å². The maximum absolute atomic E-state index is 13.9. The lowest BCUT2D eigenvalue weighted by Crippen LogP contribution is -2.38. The van der Waals surface area contributed by atoms with Gasteiger partial charge in [-0.15, -0.1) is 0 Å². The summed E-state index contributed by atoms with van der Waals surface area (Å²) in [5, 5.41) is 0. The van der Waals surface area contributed by atoms with E-state index in [1.807, 2.05) is 6.07 Å². The molecule has 0 atom stereocenters. The molecule has 2 aromatic rings. The van der Waals surface area contributed by atoms with E-state index in [1.54, 1.807) is 26.0 Å². The molecule has 2 aromatic carbocycles. The molecule has 8 heteroatoms. The van der Waals surface area contributed by atoms with Gasteiger partial charge in [0, 0.05) is 26.1 Å². The lowest BCUT2D eigenvalue weighted by molar-refractivity contribution is -0.116. The Bertz CT molecular complexity index is 930. The number of nitrogens with zero attached hydrogens (tertiary/aromatic N) is 1. The number of benzene rings is 2. The molecule has 26 heavy (non-hydrogen) atoms. The van der Waals surface area contributed by atoms with Crippen LogP contribution in [-0.4, -0.2) is 27.4 Å². The first-order valence-electron chi connectivity index (χ1n) is 7.92. The molecule has 0 unspecified atom stereocenters. The van der Waals surface area contributed by atoms with Gasteiger partial charge in [-0.05, 0) is 43.2 Å². The zero-order valence-corrected chi connectivity index (χ0v) is 15.5. The Hall–Kier alpha value is -2.32. The summed E-state index contributed by atoms with van der Waals surface area (Å²) in [4.78, 5) is 13.0. The van der Waals surface area contributed by atoms with Crippen LogP contribution in [0.25, 0.3) is 0 Å². The average molecular weight is 382 g/mol. The number of carbonyl (C=O) groups is 1. The highest BCUT2D eigenvalue weighted by Crippen LogP contribution is 2.20. The van der Waals surface area contributed by atoms with Gasteiger partial charge in [-0.3, -0.25) is 4.79 Å². The third-order valence-electron chi connectivity index (χ3n) is 3.84. The van der Waals surface area contributed by atoms with Crippen molar-refractivity contribution in [1.82, 2.24) is 4.72 Å². The molecule has 0 aliphatic heterocycles. The van der Waals surface area contributed by atoms with Gasteiger partial charge < -0.3 is 4.90 Å². The van der Waals surface area contributed by atoms with Crippen LogP contribution in [0.15, 0.2) is 41.3 Å². The lowest BCUT2D eigenvalue weighted by atomic mass is 10.2. The van der Waals surface area contributed by atoms with Gasteiger partial charge in [-0.1, -0.05) is 12.1 Å². The standard InChI is InChI=1S/C18H20F2N2O3S/c1-12-4-5-13(2)18(10-12)26(24,25)21-8-9-22(14(3)23)17-7-6-15(19)11-16(17)20/h4-7,10-11,21H,8-9H2,1-3H3. The van der Waals surface area contributed by atoms with Crippen molar-refractivity contribution in [3.63, 3.8) is 0 Å². The van der Waals surface area contributed by atoms with Crippen LogP contribution < -0.4 is 9.62 Å². The van der Waals surface area contributed by atoms with Gasteiger partial charge in [-0.2, -0.15) is 0 Å². The van der Waals surface area contributed by atoms with Crippen LogP contribution in [0.5, 0.6) is 0 Å². The van der Waals surface area contributed by atoms with Crippen molar-refractivity contribution >= 4 is 21.6 Å². The summed E-state index contributed by atoms with van der Waals surface area (Å²) in [5.41, 5.74) is 1.29. The summed E-state index contributed by atoms with van der Waals surface area (Å²) in [7, 11) is -3.78. The largest absolute Gasteiger partial charge is 0.309 e. The Kier molecular flexibility index (Phi) is 6.09. The summed E-state index contributed by atoms with van der Waals surface area (Å²) in [6.45, 7) is 4.48.